The molecule has 0 saturated heterocycles. The smallest absolute Gasteiger partial charge is 0.255 e. The van der Waals surface area contributed by atoms with E-state index < -0.39 is 0 Å². The maximum Gasteiger partial charge on any atom is 0.255 e. The molecule has 1 aromatic heterocycles. The Morgan fingerprint density at radius 1 is 1.00 bits per heavy atom. The zero-order valence-electron chi connectivity index (χ0n) is 15.4. The number of anilines is 2. The summed E-state index contributed by atoms with van der Waals surface area (Å²) in [7, 11) is 1.59. The molecule has 0 atom stereocenters. The lowest BCUT2D eigenvalue weighted by Gasteiger charge is -2.09. The highest BCUT2D eigenvalue weighted by molar-refractivity contribution is 6.05. The van der Waals surface area contributed by atoms with E-state index in [-0.39, 0.29) is 24.3 Å². The molecule has 3 amide bonds. The van der Waals surface area contributed by atoms with Crippen LogP contribution < -0.4 is 16.0 Å². The molecule has 0 spiro atoms. The molecule has 1 heterocycles. The summed E-state index contributed by atoms with van der Waals surface area (Å²) in [6.07, 6.45) is 3.01. The van der Waals surface area contributed by atoms with Crippen LogP contribution in [0.2, 0.25) is 0 Å². The van der Waals surface area contributed by atoms with Gasteiger partial charge in [0.05, 0.1) is 5.52 Å². The lowest BCUT2D eigenvalue weighted by Crippen LogP contribution is -2.23. The Labute approximate surface area is 162 Å². The Bertz CT molecular complexity index is 1050. The number of nitrogens with zero attached hydrogens (tertiary/aromatic N) is 1. The zero-order chi connectivity index (χ0) is 20.1. The summed E-state index contributed by atoms with van der Waals surface area (Å²) in [6.45, 7) is 3.60. The van der Waals surface area contributed by atoms with E-state index in [1.165, 1.54) is 6.08 Å². The summed E-state index contributed by atoms with van der Waals surface area (Å²) in [5.74, 6) is -0.689. The number of rotatable bonds is 6. The maximum atomic E-state index is 12.5. The second-order valence-corrected chi connectivity index (χ2v) is 6.12. The summed E-state index contributed by atoms with van der Waals surface area (Å²) in [4.78, 5) is 35.5. The van der Waals surface area contributed by atoms with Crippen LogP contribution in [0.3, 0.4) is 0 Å². The van der Waals surface area contributed by atoms with Gasteiger partial charge >= 0.3 is 0 Å². The number of carbonyl (C=O) groups is 3. The molecule has 0 unspecified atom stereocenters. The fraction of sp³-hybridized carbons (Fsp3) is 0.0952. The predicted octanol–water partition coefficient (Wildman–Crippen LogP) is 2.76. The lowest BCUT2D eigenvalue weighted by atomic mass is 10.1. The van der Waals surface area contributed by atoms with Gasteiger partial charge in [0.25, 0.3) is 5.91 Å². The van der Waals surface area contributed by atoms with Crippen LogP contribution in [0.25, 0.3) is 10.9 Å². The van der Waals surface area contributed by atoms with Gasteiger partial charge in [0.1, 0.15) is 6.54 Å². The molecule has 0 aliphatic heterocycles. The normalized spacial score (nSPS) is 10.3. The molecular weight excluding hydrogens is 356 g/mol. The Balaban J connectivity index is 1.75. The van der Waals surface area contributed by atoms with E-state index in [2.05, 4.69) is 22.5 Å². The molecule has 0 radical (unpaired) electrons. The molecule has 7 heteroatoms. The van der Waals surface area contributed by atoms with Crippen molar-refractivity contribution in [2.45, 2.75) is 6.54 Å². The fourth-order valence-electron chi connectivity index (χ4n) is 2.73. The maximum absolute atomic E-state index is 12.5. The topological polar surface area (TPSA) is 92.2 Å². The molecule has 3 aromatic rings. The third-order valence-corrected chi connectivity index (χ3v) is 4.22. The summed E-state index contributed by atoms with van der Waals surface area (Å²) < 4.78 is 1.82. The van der Waals surface area contributed by atoms with Crippen molar-refractivity contribution < 1.29 is 14.4 Å². The Morgan fingerprint density at radius 3 is 2.39 bits per heavy atom. The minimum atomic E-state index is -0.315. The van der Waals surface area contributed by atoms with Crippen molar-refractivity contribution >= 4 is 40.0 Å². The van der Waals surface area contributed by atoms with E-state index in [1.807, 2.05) is 35.0 Å². The molecule has 3 rings (SSSR count). The predicted molar refractivity (Wildman–Crippen MR) is 109 cm³/mol. The molecule has 3 N–H and O–H groups in total. The first-order chi connectivity index (χ1) is 13.5. The van der Waals surface area contributed by atoms with Gasteiger partial charge in [-0.25, -0.2) is 0 Å². The number of amides is 3. The third-order valence-electron chi connectivity index (χ3n) is 4.22. The first-order valence-corrected chi connectivity index (χ1v) is 8.64. The SMILES string of the molecule is C=CC(=O)Nc1ccc(C(=O)Nc2ccc3ccn(CC(=O)NC)c3c2)cc1. The van der Waals surface area contributed by atoms with Crippen molar-refractivity contribution in [2.24, 2.45) is 0 Å². The zero-order valence-corrected chi connectivity index (χ0v) is 15.4. The lowest BCUT2D eigenvalue weighted by molar-refractivity contribution is -0.121. The Morgan fingerprint density at radius 2 is 1.71 bits per heavy atom. The average Bonchev–Trinajstić information content (AvgIpc) is 3.10. The van der Waals surface area contributed by atoms with Gasteiger partial charge in [0, 0.05) is 30.2 Å². The summed E-state index contributed by atoms with van der Waals surface area (Å²) in [5.41, 5.74) is 2.51. The number of nitrogens with one attached hydrogen (secondary N) is 3. The van der Waals surface area contributed by atoms with Crippen molar-refractivity contribution in [2.75, 3.05) is 17.7 Å². The highest BCUT2D eigenvalue weighted by Gasteiger charge is 2.09. The van der Waals surface area contributed by atoms with Crippen LogP contribution in [0.4, 0.5) is 11.4 Å². The van der Waals surface area contributed by atoms with Crippen LogP contribution in [0, 0.1) is 0 Å². The molecule has 28 heavy (non-hydrogen) atoms. The Hall–Kier alpha value is -3.87. The van der Waals surface area contributed by atoms with E-state index in [1.54, 1.807) is 31.3 Å². The summed E-state index contributed by atoms with van der Waals surface area (Å²) >= 11 is 0. The molecule has 0 fully saturated rings. The highest BCUT2D eigenvalue weighted by atomic mass is 16.2. The first-order valence-electron chi connectivity index (χ1n) is 8.64. The van der Waals surface area contributed by atoms with Crippen molar-refractivity contribution in [1.29, 1.82) is 0 Å². The van der Waals surface area contributed by atoms with E-state index >= 15 is 0 Å². The molecule has 142 valence electrons. The average molecular weight is 376 g/mol. The van der Waals surface area contributed by atoms with Crippen LogP contribution in [0.15, 0.2) is 67.4 Å². The van der Waals surface area contributed by atoms with Crippen LogP contribution in [-0.2, 0) is 16.1 Å². The second-order valence-electron chi connectivity index (χ2n) is 6.12. The first kappa shape index (κ1) is 18.9. The molecule has 7 nitrogen and oxygen atoms in total. The number of benzene rings is 2. The van der Waals surface area contributed by atoms with E-state index in [0.29, 0.717) is 16.9 Å². The van der Waals surface area contributed by atoms with Crippen molar-refractivity contribution in [1.82, 2.24) is 9.88 Å². The summed E-state index contributed by atoms with van der Waals surface area (Å²) in [6, 6.07) is 14.0. The van der Waals surface area contributed by atoms with Gasteiger partial charge in [-0.05, 0) is 53.9 Å². The van der Waals surface area contributed by atoms with Crippen LogP contribution in [0.5, 0.6) is 0 Å². The summed E-state index contributed by atoms with van der Waals surface area (Å²) in [5, 5.41) is 9.05. The molecule has 0 aliphatic carbocycles. The number of hydrogen-bond acceptors (Lipinski definition) is 3. The largest absolute Gasteiger partial charge is 0.358 e. The number of fused-ring (bicyclic) bond motifs is 1. The highest BCUT2D eigenvalue weighted by Crippen LogP contribution is 2.21. The molecule has 0 bridgehead atoms. The van der Waals surface area contributed by atoms with Gasteiger partial charge in [-0.15, -0.1) is 0 Å². The van der Waals surface area contributed by atoms with Gasteiger partial charge in [0.2, 0.25) is 11.8 Å². The van der Waals surface area contributed by atoms with Gasteiger partial charge in [-0.2, -0.15) is 0 Å². The molecule has 0 aliphatic rings. The van der Waals surface area contributed by atoms with E-state index in [9.17, 15) is 14.4 Å². The quantitative estimate of drug-likeness (QED) is 0.578. The van der Waals surface area contributed by atoms with Crippen molar-refractivity contribution in [3.05, 3.63) is 72.9 Å². The van der Waals surface area contributed by atoms with Crippen LogP contribution in [-0.4, -0.2) is 29.3 Å². The van der Waals surface area contributed by atoms with Gasteiger partial charge in [-0.3, -0.25) is 14.4 Å². The fourth-order valence-corrected chi connectivity index (χ4v) is 2.73. The molecule has 2 aromatic carbocycles. The van der Waals surface area contributed by atoms with E-state index in [0.717, 1.165) is 10.9 Å². The molecular formula is C21H20N4O3. The minimum Gasteiger partial charge on any atom is -0.358 e. The number of carbonyl (C=O) groups excluding carboxylic acids is 3. The minimum absolute atomic E-state index is 0.101. The van der Waals surface area contributed by atoms with Crippen LogP contribution >= 0.6 is 0 Å². The third kappa shape index (κ3) is 4.27. The van der Waals surface area contributed by atoms with Gasteiger partial charge < -0.3 is 20.5 Å². The second kappa shape index (κ2) is 8.22. The van der Waals surface area contributed by atoms with Gasteiger partial charge in [0.15, 0.2) is 0 Å². The van der Waals surface area contributed by atoms with Gasteiger partial charge in [-0.1, -0.05) is 12.6 Å². The van der Waals surface area contributed by atoms with E-state index in [4.69, 9.17) is 0 Å². The standard InChI is InChI=1S/C21H20N4O3/c1-3-19(26)23-16-7-5-15(6-8-16)21(28)24-17-9-4-14-10-11-25(18(14)12-17)13-20(27)22-2/h3-12H,1,13H2,2H3,(H,22,27)(H,23,26)(H,24,28). The Kier molecular flexibility index (Phi) is 5.55. The van der Waals surface area contributed by atoms with Crippen molar-refractivity contribution in [3.8, 4) is 0 Å². The van der Waals surface area contributed by atoms with Crippen LogP contribution in [0.1, 0.15) is 10.4 Å². The molecule has 0 saturated carbocycles. The van der Waals surface area contributed by atoms with Crippen molar-refractivity contribution in [3.63, 3.8) is 0 Å². The number of likely N-dealkylation sites (N-methyl/N-ethyl adjacent to an activating group) is 1. The number of hydrogen-bond donors (Lipinski definition) is 3. The number of aromatic nitrogens is 1. The monoisotopic (exact) mass is 376 g/mol.